The SMILES string of the molecule is C=Cc1ccc(C(=O)OC2c3ccccc3CC2(C)C)c2ccccc12. The van der Waals surface area contributed by atoms with Crippen molar-refractivity contribution in [3.63, 3.8) is 0 Å². The fourth-order valence-electron chi connectivity index (χ4n) is 4.03. The van der Waals surface area contributed by atoms with Crippen molar-refractivity contribution in [2.45, 2.75) is 26.4 Å². The first kappa shape index (κ1) is 16.6. The highest BCUT2D eigenvalue weighted by molar-refractivity contribution is 6.06. The maximum absolute atomic E-state index is 13.1. The molecule has 2 heteroatoms. The fraction of sp³-hybridized carbons (Fsp3) is 0.208. The molecule has 0 aromatic heterocycles. The highest BCUT2D eigenvalue weighted by atomic mass is 16.5. The summed E-state index contributed by atoms with van der Waals surface area (Å²) in [5.41, 5.74) is 3.89. The Balaban J connectivity index is 1.74. The molecule has 0 amide bonds. The molecule has 1 atom stereocenters. The Hall–Kier alpha value is -2.87. The average Bonchev–Trinajstić information content (AvgIpc) is 2.90. The molecule has 0 fully saturated rings. The average molecular weight is 342 g/mol. The highest BCUT2D eigenvalue weighted by Crippen LogP contribution is 2.47. The Bertz CT molecular complexity index is 1010. The van der Waals surface area contributed by atoms with Crippen molar-refractivity contribution in [3.8, 4) is 0 Å². The van der Waals surface area contributed by atoms with Gasteiger partial charge in [0, 0.05) is 5.41 Å². The van der Waals surface area contributed by atoms with Gasteiger partial charge in [0.05, 0.1) is 5.56 Å². The number of ether oxygens (including phenoxy) is 1. The normalized spacial score (nSPS) is 17.7. The smallest absolute Gasteiger partial charge is 0.339 e. The first-order valence-electron chi connectivity index (χ1n) is 8.94. The third-order valence-electron chi connectivity index (χ3n) is 5.32. The van der Waals surface area contributed by atoms with Gasteiger partial charge in [-0.1, -0.05) is 81.1 Å². The predicted octanol–water partition coefficient (Wildman–Crippen LogP) is 5.96. The van der Waals surface area contributed by atoms with Gasteiger partial charge in [-0.25, -0.2) is 4.79 Å². The van der Waals surface area contributed by atoms with Crippen molar-refractivity contribution in [2.24, 2.45) is 5.41 Å². The van der Waals surface area contributed by atoms with Gasteiger partial charge < -0.3 is 4.74 Å². The lowest BCUT2D eigenvalue weighted by Crippen LogP contribution is -2.23. The minimum atomic E-state index is -0.272. The first-order valence-corrected chi connectivity index (χ1v) is 8.94. The van der Waals surface area contributed by atoms with Gasteiger partial charge in [0.2, 0.25) is 0 Å². The van der Waals surface area contributed by atoms with E-state index in [-0.39, 0.29) is 17.5 Å². The Kier molecular flexibility index (Phi) is 3.91. The van der Waals surface area contributed by atoms with Crippen LogP contribution in [0.1, 0.15) is 47.0 Å². The number of carbonyl (C=O) groups excluding carboxylic acids is 1. The Morgan fingerprint density at radius 1 is 1.04 bits per heavy atom. The lowest BCUT2D eigenvalue weighted by Gasteiger charge is -2.27. The van der Waals surface area contributed by atoms with E-state index >= 15 is 0 Å². The zero-order valence-corrected chi connectivity index (χ0v) is 15.2. The quantitative estimate of drug-likeness (QED) is 0.549. The topological polar surface area (TPSA) is 26.3 Å². The van der Waals surface area contributed by atoms with Gasteiger partial charge in [0.15, 0.2) is 0 Å². The van der Waals surface area contributed by atoms with Crippen molar-refractivity contribution in [3.05, 3.63) is 89.5 Å². The van der Waals surface area contributed by atoms with Crippen LogP contribution in [0.3, 0.4) is 0 Å². The van der Waals surface area contributed by atoms with Crippen LogP contribution >= 0.6 is 0 Å². The van der Waals surface area contributed by atoms with Gasteiger partial charge in [0.1, 0.15) is 6.10 Å². The summed E-state index contributed by atoms with van der Waals surface area (Å²) in [6.07, 6.45) is 2.49. The predicted molar refractivity (Wildman–Crippen MR) is 106 cm³/mol. The van der Waals surface area contributed by atoms with E-state index in [0.29, 0.717) is 5.56 Å². The van der Waals surface area contributed by atoms with Crippen molar-refractivity contribution in [1.29, 1.82) is 0 Å². The lowest BCUT2D eigenvalue weighted by atomic mass is 9.87. The molecule has 1 aliphatic carbocycles. The van der Waals surface area contributed by atoms with Crippen LogP contribution < -0.4 is 0 Å². The first-order chi connectivity index (χ1) is 12.5. The van der Waals surface area contributed by atoms with E-state index in [1.165, 1.54) is 5.56 Å². The van der Waals surface area contributed by atoms with Crippen molar-refractivity contribution < 1.29 is 9.53 Å². The molecule has 26 heavy (non-hydrogen) atoms. The summed E-state index contributed by atoms with van der Waals surface area (Å²) in [7, 11) is 0. The van der Waals surface area contributed by atoms with Gasteiger partial charge in [-0.2, -0.15) is 0 Å². The molecule has 2 nitrogen and oxygen atoms in total. The molecule has 0 saturated heterocycles. The minimum Gasteiger partial charge on any atom is -0.453 e. The molecule has 0 heterocycles. The van der Waals surface area contributed by atoms with Crippen molar-refractivity contribution in [1.82, 2.24) is 0 Å². The van der Waals surface area contributed by atoms with E-state index in [9.17, 15) is 4.79 Å². The largest absolute Gasteiger partial charge is 0.453 e. The highest BCUT2D eigenvalue weighted by Gasteiger charge is 2.41. The monoisotopic (exact) mass is 342 g/mol. The summed E-state index contributed by atoms with van der Waals surface area (Å²) in [6.45, 7) is 8.18. The van der Waals surface area contributed by atoms with Gasteiger partial charge in [-0.3, -0.25) is 0 Å². The summed E-state index contributed by atoms with van der Waals surface area (Å²) in [4.78, 5) is 13.1. The third kappa shape index (κ3) is 2.62. The zero-order chi connectivity index (χ0) is 18.3. The van der Waals surface area contributed by atoms with Crippen LogP contribution in [0.2, 0.25) is 0 Å². The summed E-state index contributed by atoms with van der Waals surface area (Å²) < 4.78 is 6.06. The molecule has 3 aromatic rings. The van der Waals surface area contributed by atoms with E-state index in [2.05, 4.69) is 32.6 Å². The van der Waals surface area contributed by atoms with Gasteiger partial charge in [-0.15, -0.1) is 0 Å². The van der Waals surface area contributed by atoms with Crippen LogP contribution in [0.5, 0.6) is 0 Å². The molecule has 0 radical (unpaired) electrons. The third-order valence-corrected chi connectivity index (χ3v) is 5.32. The number of carbonyl (C=O) groups is 1. The summed E-state index contributed by atoms with van der Waals surface area (Å²) >= 11 is 0. The summed E-state index contributed by atoms with van der Waals surface area (Å²) in [6, 6.07) is 19.9. The second-order valence-electron chi connectivity index (χ2n) is 7.60. The number of esters is 1. The van der Waals surface area contributed by atoms with Crippen LogP contribution in [0.25, 0.3) is 16.8 Å². The lowest BCUT2D eigenvalue weighted by molar-refractivity contribution is -0.00159. The molecule has 3 aromatic carbocycles. The van der Waals surface area contributed by atoms with Gasteiger partial charge in [-0.05, 0) is 39.9 Å². The molecule has 130 valence electrons. The second kappa shape index (κ2) is 6.14. The zero-order valence-electron chi connectivity index (χ0n) is 15.2. The Morgan fingerprint density at radius 3 is 2.50 bits per heavy atom. The van der Waals surface area contributed by atoms with Crippen LogP contribution in [-0.2, 0) is 11.2 Å². The maximum atomic E-state index is 13.1. The molecule has 0 aliphatic heterocycles. The molecular formula is C24H22O2. The molecule has 1 aliphatic rings. The van der Waals surface area contributed by atoms with Crippen LogP contribution in [-0.4, -0.2) is 5.97 Å². The second-order valence-corrected chi connectivity index (χ2v) is 7.60. The van der Waals surface area contributed by atoms with Crippen LogP contribution in [0.15, 0.2) is 67.2 Å². The number of fused-ring (bicyclic) bond motifs is 2. The molecule has 0 bridgehead atoms. The molecule has 1 unspecified atom stereocenters. The Labute approximate surface area is 154 Å². The molecular weight excluding hydrogens is 320 g/mol. The standard InChI is InChI=1S/C24H22O2/c1-4-16-13-14-21(20-12-8-7-10-18(16)20)23(25)26-22-19-11-6-5-9-17(19)15-24(22,2)3/h4-14,22H,1,15H2,2-3H3. The maximum Gasteiger partial charge on any atom is 0.339 e. The van der Waals surface area contributed by atoms with Crippen molar-refractivity contribution in [2.75, 3.05) is 0 Å². The van der Waals surface area contributed by atoms with Gasteiger partial charge in [0.25, 0.3) is 0 Å². The van der Waals surface area contributed by atoms with E-state index < -0.39 is 0 Å². The number of hydrogen-bond donors (Lipinski definition) is 0. The van der Waals surface area contributed by atoms with Crippen LogP contribution in [0.4, 0.5) is 0 Å². The Morgan fingerprint density at radius 2 is 1.73 bits per heavy atom. The molecule has 0 N–H and O–H groups in total. The van der Waals surface area contributed by atoms with E-state index in [1.807, 2.05) is 54.6 Å². The number of hydrogen-bond acceptors (Lipinski definition) is 2. The van der Waals surface area contributed by atoms with E-state index in [4.69, 9.17) is 4.74 Å². The number of benzene rings is 3. The molecule has 0 spiro atoms. The van der Waals surface area contributed by atoms with Gasteiger partial charge >= 0.3 is 5.97 Å². The summed E-state index contributed by atoms with van der Waals surface area (Å²) in [5.74, 6) is -0.272. The molecule has 4 rings (SSSR count). The van der Waals surface area contributed by atoms with Crippen LogP contribution in [0, 0.1) is 5.41 Å². The van der Waals surface area contributed by atoms with E-state index in [0.717, 1.165) is 28.3 Å². The minimum absolute atomic E-state index is 0.115. The number of rotatable bonds is 3. The van der Waals surface area contributed by atoms with Crippen molar-refractivity contribution >= 4 is 22.8 Å². The fourth-order valence-corrected chi connectivity index (χ4v) is 4.03. The summed E-state index contributed by atoms with van der Waals surface area (Å²) in [5, 5.41) is 1.92. The molecule has 0 saturated carbocycles. The van der Waals surface area contributed by atoms with E-state index in [1.54, 1.807) is 0 Å².